The van der Waals surface area contributed by atoms with Crippen molar-refractivity contribution in [3.63, 3.8) is 0 Å². The molecule has 0 radical (unpaired) electrons. The van der Waals surface area contributed by atoms with Crippen LogP contribution in [-0.2, 0) is 5.54 Å². The fraction of sp³-hybridized carbons (Fsp3) is 0.308. The number of nitrogens with zero attached hydrogens (tertiary/aromatic N) is 1. The van der Waals surface area contributed by atoms with Gasteiger partial charge in [0, 0.05) is 10.9 Å². The maximum absolute atomic E-state index is 13.5. The second-order valence-corrected chi connectivity index (χ2v) is 6.47. The van der Waals surface area contributed by atoms with Gasteiger partial charge in [-0.2, -0.15) is 0 Å². The summed E-state index contributed by atoms with van der Waals surface area (Å²) in [6, 6.07) is 2.71. The van der Waals surface area contributed by atoms with Gasteiger partial charge in [0.05, 0.1) is 21.3 Å². The van der Waals surface area contributed by atoms with Gasteiger partial charge in [0.15, 0.2) is 0 Å². The van der Waals surface area contributed by atoms with Gasteiger partial charge in [0.25, 0.3) is 0 Å². The molecule has 0 aliphatic heterocycles. The Hall–Kier alpha value is -0.680. The van der Waals surface area contributed by atoms with Crippen molar-refractivity contribution in [1.29, 1.82) is 0 Å². The van der Waals surface area contributed by atoms with E-state index in [0.717, 1.165) is 24.3 Å². The number of nitrogens with two attached hydrogens (primary N) is 1. The largest absolute Gasteiger partial charge is 0.319 e. The maximum Gasteiger partial charge on any atom is 0.142 e. The van der Waals surface area contributed by atoms with E-state index in [9.17, 15) is 4.39 Å². The molecule has 1 aromatic heterocycles. The highest BCUT2D eigenvalue weighted by atomic mass is 35.5. The van der Waals surface area contributed by atoms with E-state index in [1.807, 2.05) is 5.38 Å². The monoisotopic (exact) mass is 316 g/mol. The average Bonchev–Trinajstić information content (AvgIpc) is 2.80. The van der Waals surface area contributed by atoms with Crippen molar-refractivity contribution in [3.8, 4) is 11.3 Å². The number of halogens is 3. The van der Waals surface area contributed by atoms with Crippen LogP contribution in [0.1, 0.15) is 24.3 Å². The number of thiazole rings is 1. The summed E-state index contributed by atoms with van der Waals surface area (Å²) in [5, 5.41) is 3.15. The molecule has 0 saturated heterocycles. The second-order valence-electron chi connectivity index (χ2n) is 4.79. The predicted molar refractivity (Wildman–Crippen MR) is 77.2 cm³/mol. The first-order chi connectivity index (χ1) is 8.99. The molecule has 0 spiro atoms. The molecule has 1 aliphatic carbocycles. The molecule has 1 heterocycles. The predicted octanol–water partition coefficient (Wildman–Crippen LogP) is 4.59. The minimum absolute atomic E-state index is 0.0125. The lowest BCUT2D eigenvalue weighted by Gasteiger charge is -2.35. The van der Waals surface area contributed by atoms with Gasteiger partial charge < -0.3 is 5.73 Å². The van der Waals surface area contributed by atoms with E-state index >= 15 is 0 Å². The van der Waals surface area contributed by atoms with Crippen LogP contribution < -0.4 is 5.73 Å². The van der Waals surface area contributed by atoms with Gasteiger partial charge in [-0.1, -0.05) is 23.2 Å². The lowest BCUT2D eigenvalue weighted by atomic mass is 9.78. The quantitative estimate of drug-likeness (QED) is 0.823. The van der Waals surface area contributed by atoms with Crippen molar-refractivity contribution in [3.05, 3.63) is 38.4 Å². The highest BCUT2D eigenvalue weighted by Crippen LogP contribution is 2.42. The summed E-state index contributed by atoms with van der Waals surface area (Å²) in [6.45, 7) is 0. The SMILES string of the molecule is NC1(c2nc(-c3cc(F)c(Cl)cc3Cl)cs2)CCC1. The summed E-state index contributed by atoms with van der Waals surface area (Å²) in [5.41, 5.74) is 7.12. The van der Waals surface area contributed by atoms with E-state index in [2.05, 4.69) is 4.98 Å². The van der Waals surface area contributed by atoms with Crippen LogP contribution in [0.25, 0.3) is 11.3 Å². The molecule has 6 heteroatoms. The van der Waals surface area contributed by atoms with Gasteiger partial charge in [-0.3, -0.25) is 0 Å². The summed E-state index contributed by atoms with van der Waals surface area (Å²) in [4.78, 5) is 4.51. The molecule has 1 fully saturated rings. The van der Waals surface area contributed by atoms with Crippen LogP contribution in [0, 0.1) is 5.82 Å². The minimum atomic E-state index is -0.498. The van der Waals surface area contributed by atoms with Crippen LogP contribution in [-0.4, -0.2) is 4.98 Å². The summed E-state index contributed by atoms with van der Waals surface area (Å²) in [5.74, 6) is -0.498. The van der Waals surface area contributed by atoms with Gasteiger partial charge in [0.2, 0.25) is 0 Å². The first-order valence-electron chi connectivity index (χ1n) is 5.89. The Morgan fingerprint density at radius 3 is 2.63 bits per heavy atom. The molecule has 100 valence electrons. The summed E-state index contributed by atoms with van der Waals surface area (Å²) in [6.07, 6.45) is 3.02. The molecule has 0 amide bonds. The van der Waals surface area contributed by atoms with E-state index in [-0.39, 0.29) is 10.6 Å². The molecule has 1 aliphatic rings. The number of hydrogen-bond acceptors (Lipinski definition) is 3. The summed E-state index contributed by atoms with van der Waals surface area (Å²) < 4.78 is 13.5. The van der Waals surface area contributed by atoms with E-state index in [1.54, 1.807) is 0 Å². The standard InChI is InChI=1S/C13H11Cl2FN2S/c14-8-5-9(15)10(16)4-7(8)11-6-19-12(18-11)13(17)2-1-3-13/h4-6H,1-3,17H2. The minimum Gasteiger partial charge on any atom is -0.319 e. The van der Waals surface area contributed by atoms with Crippen molar-refractivity contribution in [2.45, 2.75) is 24.8 Å². The highest BCUT2D eigenvalue weighted by Gasteiger charge is 2.37. The molecule has 19 heavy (non-hydrogen) atoms. The van der Waals surface area contributed by atoms with Crippen molar-refractivity contribution in [2.24, 2.45) is 5.73 Å². The van der Waals surface area contributed by atoms with Crippen LogP contribution in [0.2, 0.25) is 10.0 Å². The third-order valence-corrected chi connectivity index (χ3v) is 5.13. The molecule has 2 N–H and O–H groups in total. The third kappa shape index (κ3) is 2.27. The van der Waals surface area contributed by atoms with Crippen molar-refractivity contribution in [2.75, 3.05) is 0 Å². The molecule has 0 atom stereocenters. The van der Waals surface area contributed by atoms with Gasteiger partial charge >= 0.3 is 0 Å². The zero-order chi connectivity index (χ0) is 13.6. The zero-order valence-electron chi connectivity index (χ0n) is 9.92. The van der Waals surface area contributed by atoms with Gasteiger partial charge in [-0.25, -0.2) is 9.37 Å². The van der Waals surface area contributed by atoms with E-state index in [4.69, 9.17) is 28.9 Å². The van der Waals surface area contributed by atoms with E-state index in [1.165, 1.54) is 23.5 Å². The lowest BCUT2D eigenvalue weighted by Crippen LogP contribution is -2.43. The van der Waals surface area contributed by atoms with Crippen molar-refractivity contribution in [1.82, 2.24) is 4.98 Å². The fourth-order valence-electron chi connectivity index (χ4n) is 2.12. The number of benzene rings is 1. The Kier molecular flexibility index (Phi) is 3.29. The molecule has 3 rings (SSSR count). The molecule has 0 bridgehead atoms. The Morgan fingerprint density at radius 2 is 2.00 bits per heavy atom. The Balaban J connectivity index is 2.01. The molecular formula is C13H11Cl2FN2S. The normalized spacial score (nSPS) is 17.3. The molecule has 0 unspecified atom stereocenters. The van der Waals surface area contributed by atoms with Crippen LogP contribution >= 0.6 is 34.5 Å². The van der Waals surface area contributed by atoms with E-state index < -0.39 is 5.82 Å². The first kappa shape index (κ1) is 13.3. The topological polar surface area (TPSA) is 38.9 Å². The van der Waals surface area contributed by atoms with Crippen LogP contribution in [0.15, 0.2) is 17.5 Å². The van der Waals surface area contributed by atoms with Crippen LogP contribution in [0.4, 0.5) is 4.39 Å². The summed E-state index contributed by atoms with van der Waals surface area (Å²) in [7, 11) is 0. The number of rotatable bonds is 2. The zero-order valence-corrected chi connectivity index (χ0v) is 12.2. The number of aromatic nitrogens is 1. The fourth-order valence-corrected chi connectivity index (χ4v) is 3.59. The number of hydrogen-bond donors (Lipinski definition) is 1. The maximum atomic E-state index is 13.5. The van der Waals surface area contributed by atoms with Crippen molar-refractivity contribution >= 4 is 34.5 Å². The van der Waals surface area contributed by atoms with Crippen LogP contribution in [0.5, 0.6) is 0 Å². The highest BCUT2D eigenvalue weighted by molar-refractivity contribution is 7.10. The Bertz CT molecular complexity index is 638. The van der Waals surface area contributed by atoms with Crippen LogP contribution in [0.3, 0.4) is 0 Å². The summed E-state index contributed by atoms with van der Waals surface area (Å²) >= 11 is 13.3. The second kappa shape index (κ2) is 4.70. The van der Waals surface area contributed by atoms with Gasteiger partial charge in [-0.15, -0.1) is 11.3 Å². The van der Waals surface area contributed by atoms with Gasteiger partial charge in [-0.05, 0) is 31.4 Å². The average molecular weight is 317 g/mol. The molecule has 1 saturated carbocycles. The Labute approximate surface area is 124 Å². The van der Waals surface area contributed by atoms with Crippen molar-refractivity contribution < 1.29 is 4.39 Å². The molecular weight excluding hydrogens is 306 g/mol. The smallest absolute Gasteiger partial charge is 0.142 e. The molecule has 2 aromatic rings. The first-order valence-corrected chi connectivity index (χ1v) is 7.53. The third-order valence-electron chi connectivity index (χ3n) is 3.46. The Morgan fingerprint density at radius 1 is 1.26 bits per heavy atom. The molecule has 2 nitrogen and oxygen atoms in total. The lowest BCUT2D eigenvalue weighted by molar-refractivity contribution is 0.253. The molecule has 1 aromatic carbocycles. The van der Waals surface area contributed by atoms with Gasteiger partial charge in [0.1, 0.15) is 10.8 Å². The van der Waals surface area contributed by atoms with E-state index in [0.29, 0.717) is 16.3 Å².